The van der Waals surface area contributed by atoms with Gasteiger partial charge in [-0.25, -0.2) is 8.42 Å². The monoisotopic (exact) mass is 462 g/mol. The molecule has 0 unspecified atom stereocenters. The minimum atomic E-state index is -4.55. The fraction of sp³-hybridized carbons (Fsp3) is 0.0909. The molecule has 3 aromatic rings. The van der Waals surface area contributed by atoms with Crippen molar-refractivity contribution in [3.05, 3.63) is 89.5 Å². The van der Waals surface area contributed by atoms with Gasteiger partial charge in [0.2, 0.25) is 0 Å². The Morgan fingerprint density at radius 3 is 2.03 bits per heavy atom. The smallest absolute Gasteiger partial charge is 0.322 e. The summed E-state index contributed by atoms with van der Waals surface area (Å²) < 4.78 is 62.4. The van der Waals surface area contributed by atoms with Crippen LogP contribution in [0.5, 0.6) is 0 Å². The van der Waals surface area contributed by atoms with E-state index in [1.54, 1.807) is 0 Å². The number of halogens is 3. The standard InChI is InChI=1S/C22H17F3N2O4S/c1-32(30,31)19-11-3-2-10-18(19)21(29)27-16-8-4-6-14(12-16)20(28)26-17-9-5-7-15(13-17)22(23,24)25/h2-13H,1H3,(H,26,28)(H,27,29). The van der Waals surface area contributed by atoms with Crippen molar-refractivity contribution in [2.24, 2.45) is 0 Å². The van der Waals surface area contributed by atoms with Crippen molar-refractivity contribution in [1.82, 2.24) is 0 Å². The Hall–Kier alpha value is -3.66. The van der Waals surface area contributed by atoms with E-state index in [0.29, 0.717) is 0 Å². The predicted molar refractivity (Wildman–Crippen MR) is 113 cm³/mol. The van der Waals surface area contributed by atoms with Crippen molar-refractivity contribution in [3.8, 4) is 0 Å². The lowest BCUT2D eigenvalue weighted by Crippen LogP contribution is -2.17. The number of nitrogens with one attached hydrogen (secondary N) is 2. The summed E-state index contributed by atoms with van der Waals surface area (Å²) in [5.74, 6) is -1.38. The topological polar surface area (TPSA) is 92.3 Å². The summed E-state index contributed by atoms with van der Waals surface area (Å²) in [6.45, 7) is 0. The number of anilines is 2. The number of carbonyl (C=O) groups excluding carboxylic acids is 2. The number of benzene rings is 3. The molecule has 0 radical (unpaired) electrons. The van der Waals surface area contributed by atoms with Gasteiger partial charge < -0.3 is 10.6 Å². The molecule has 0 spiro atoms. The van der Waals surface area contributed by atoms with E-state index in [9.17, 15) is 31.2 Å². The van der Waals surface area contributed by atoms with E-state index in [4.69, 9.17) is 0 Å². The lowest BCUT2D eigenvalue weighted by Gasteiger charge is -2.11. The Bertz CT molecular complexity index is 1290. The van der Waals surface area contributed by atoms with Gasteiger partial charge in [0, 0.05) is 23.2 Å². The van der Waals surface area contributed by atoms with Crippen LogP contribution in [-0.2, 0) is 16.0 Å². The molecule has 0 saturated heterocycles. The van der Waals surface area contributed by atoms with Gasteiger partial charge in [0.05, 0.1) is 16.0 Å². The Morgan fingerprint density at radius 2 is 1.38 bits per heavy atom. The predicted octanol–water partition coefficient (Wildman–Crippen LogP) is 4.61. The summed E-state index contributed by atoms with van der Waals surface area (Å²) in [5.41, 5.74) is -0.720. The first-order valence-corrected chi connectivity index (χ1v) is 11.0. The fourth-order valence-electron chi connectivity index (χ4n) is 2.89. The van der Waals surface area contributed by atoms with Gasteiger partial charge >= 0.3 is 6.18 Å². The van der Waals surface area contributed by atoms with E-state index in [0.717, 1.165) is 18.4 Å². The van der Waals surface area contributed by atoms with Crippen LogP contribution in [0.1, 0.15) is 26.3 Å². The second-order valence-electron chi connectivity index (χ2n) is 6.84. The maximum Gasteiger partial charge on any atom is 0.416 e. The first kappa shape index (κ1) is 23.0. The third-order valence-corrected chi connectivity index (χ3v) is 5.52. The molecule has 10 heteroatoms. The minimum Gasteiger partial charge on any atom is -0.322 e. The average molecular weight is 462 g/mol. The van der Waals surface area contributed by atoms with Crippen LogP contribution in [0.2, 0.25) is 0 Å². The molecule has 2 amide bonds. The third-order valence-electron chi connectivity index (χ3n) is 4.36. The van der Waals surface area contributed by atoms with Gasteiger partial charge in [0.15, 0.2) is 9.84 Å². The molecular weight excluding hydrogens is 445 g/mol. The number of rotatable bonds is 5. The molecule has 0 aromatic heterocycles. The number of hydrogen-bond acceptors (Lipinski definition) is 4. The van der Waals surface area contributed by atoms with Crippen LogP contribution >= 0.6 is 0 Å². The zero-order valence-electron chi connectivity index (χ0n) is 16.6. The molecule has 0 heterocycles. The van der Waals surface area contributed by atoms with Crippen LogP contribution in [0, 0.1) is 0 Å². The van der Waals surface area contributed by atoms with Gasteiger partial charge in [-0.1, -0.05) is 24.3 Å². The Balaban J connectivity index is 1.79. The largest absolute Gasteiger partial charge is 0.416 e. The number of carbonyl (C=O) groups is 2. The number of sulfone groups is 1. The minimum absolute atomic E-state index is 0.0404. The molecule has 3 rings (SSSR count). The van der Waals surface area contributed by atoms with Crippen molar-refractivity contribution in [3.63, 3.8) is 0 Å². The van der Waals surface area contributed by atoms with Gasteiger partial charge in [0.25, 0.3) is 11.8 Å². The maximum atomic E-state index is 12.9. The Kier molecular flexibility index (Phi) is 6.35. The summed E-state index contributed by atoms with van der Waals surface area (Å²) >= 11 is 0. The fourth-order valence-corrected chi connectivity index (χ4v) is 3.78. The van der Waals surface area contributed by atoms with Crippen LogP contribution in [0.25, 0.3) is 0 Å². The lowest BCUT2D eigenvalue weighted by atomic mass is 10.1. The van der Waals surface area contributed by atoms with Crippen molar-refractivity contribution < 1.29 is 31.2 Å². The maximum absolute atomic E-state index is 12.9. The second-order valence-corrected chi connectivity index (χ2v) is 8.82. The number of hydrogen-bond donors (Lipinski definition) is 2. The van der Waals surface area contributed by atoms with Crippen LogP contribution in [0.15, 0.2) is 77.7 Å². The first-order valence-electron chi connectivity index (χ1n) is 9.14. The summed E-state index contributed by atoms with van der Waals surface area (Å²) in [6.07, 6.45) is -3.56. The molecule has 32 heavy (non-hydrogen) atoms. The van der Waals surface area contributed by atoms with Gasteiger partial charge in [-0.2, -0.15) is 13.2 Å². The highest BCUT2D eigenvalue weighted by Crippen LogP contribution is 2.30. The average Bonchev–Trinajstić information content (AvgIpc) is 2.73. The van der Waals surface area contributed by atoms with E-state index in [-0.39, 0.29) is 27.4 Å². The van der Waals surface area contributed by atoms with E-state index >= 15 is 0 Å². The van der Waals surface area contributed by atoms with E-state index < -0.39 is 33.4 Å². The van der Waals surface area contributed by atoms with Crippen LogP contribution in [-0.4, -0.2) is 26.5 Å². The highest BCUT2D eigenvalue weighted by Gasteiger charge is 2.30. The van der Waals surface area contributed by atoms with Crippen LogP contribution in [0.3, 0.4) is 0 Å². The normalized spacial score (nSPS) is 11.6. The zero-order valence-corrected chi connectivity index (χ0v) is 17.4. The van der Waals surface area contributed by atoms with E-state index in [2.05, 4.69) is 10.6 Å². The SMILES string of the molecule is CS(=O)(=O)c1ccccc1C(=O)Nc1cccc(C(=O)Nc2cccc(C(F)(F)F)c2)c1. The van der Waals surface area contributed by atoms with Crippen molar-refractivity contribution in [1.29, 1.82) is 0 Å². The molecule has 0 bridgehead atoms. The van der Waals surface area contributed by atoms with Gasteiger partial charge in [0.1, 0.15) is 0 Å². The van der Waals surface area contributed by atoms with Gasteiger partial charge in [-0.15, -0.1) is 0 Å². The molecular formula is C22H17F3N2O4S. The van der Waals surface area contributed by atoms with Crippen molar-refractivity contribution in [2.75, 3.05) is 16.9 Å². The highest BCUT2D eigenvalue weighted by molar-refractivity contribution is 7.90. The Labute approximate surface area is 182 Å². The van der Waals surface area contributed by atoms with Gasteiger partial charge in [-0.3, -0.25) is 9.59 Å². The second kappa shape index (κ2) is 8.83. The molecule has 166 valence electrons. The van der Waals surface area contributed by atoms with Gasteiger partial charge in [-0.05, 0) is 48.5 Å². The summed E-state index contributed by atoms with van der Waals surface area (Å²) in [4.78, 5) is 24.9. The third kappa shape index (κ3) is 5.52. The number of alkyl halides is 3. The number of amides is 2. The lowest BCUT2D eigenvalue weighted by molar-refractivity contribution is -0.137. The summed E-state index contributed by atoms with van der Waals surface area (Å²) in [6, 6.07) is 15.6. The summed E-state index contributed by atoms with van der Waals surface area (Å²) in [7, 11) is -3.65. The molecule has 0 atom stereocenters. The zero-order chi connectivity index (χ0) is 23.5. The molecule has 0 aliphatic carbocycles. The molecule has 3 aromatic carbocycles. The van der Waals surface area contributed by atoms with E-state index in [1.165, 1.54) is 60.7 Å². The molecule has 0 saturated carbocycles. The highest BCUT2D eigenvalue weighted by atomic mass is 32.2. The molecule has 2 N–H and O–H groups in total. The van der Waals surface area contributed by atoms with E-state index in [1.807, 2.05) is 0 Å². The quantitative estimate of drug-likeness (QED) is 0.579. The van der Waals surface area contributed by atoms with Crippen LogP contribution in [0.4, 0.5) is 24.5 Å². The van der Waals surface area contributed by atoms with Crippen molar-refractivity contribution in [2.45, 2.75) is 11.1 Å². The molecule has 0 aliphatic rings. The molecule has 6 nitrogen and oxygen atoms in total. The first-order chi connectivity index (χ1) is 14.9. The Morgan fingerprint density at radius 1 is 0.781 bits per heavy atom. The summed E-state index contributed by atoms with van der Waals surface area (Å²) in [5, 5.41) is 4.91. The molecule has 0 aliphatic heterocycles. The van der Waals surface area contributed by atoms with Crippen molar-refractivity contribution >= 4 is 33.0 Å². The molecule has 0 fully saturated rings. The van der Waals surface area contributed by atoms with Crippen LogP contribution < -0.4 is 10.6 Å².